The van der Waals surface area contributed by atoms with Gasteiger partial charge >= 0.3 is 5.97 Å². The Labute approximate surface area is 103 Å². The summed E-state index contributed by atoms with van der Waals surface area (Å²) in [5.74, 6) is -1.18. The number of carbonyl (C=O) groups excluding carboxylic acids is 3. The zero-order valence-corrected chi connectivity index (χ0v) is 9.41. The summed E-state index contributed by atoms with van der Waals surface area (Å²) in [6.45, 7) is 0. The molecule has 0 aliphatic carbocycles. The Bertz CT molecular complexity index is 482. The number of aldehydes is 1. The zero-order chi connectivity index (χ0) is 13.1. The molecule has 1 saturated heterocycles. The van der Waals surface area contributed by atoms with E-state index in [9.17, 15) is 19.5 Å². The smallest absolute Gasteiger partial charge is 0.363 e. The van der Waals surface area contributed by atoms with Crippen LogP contribution in [0.15, 0.2) is 24.3 Å². The van der Waals surface area contributed by atoms with E-state index in [1.54, 1.807) is 0 Å². The molecule has 1 aliphatic heterocycles. The predicted molar refractivity (Wildman–Crippen MR) is 59.3 cm³/mol. The van der Waals surface area contributed by atoms with E-state index in [1.807, 2.05) is 0 Å². The van der Waals surface area contributed by atoms with Gasteiger partial charge in [0.15, 0.2) is 6.23 Å². The van der Waals surface area contributed by atoms with Crippen molar-refractivity contribution in [2.24, 2.45) is 0 Å². The summed E-state index contributed by atoms with van der Waals surface area (Å²) in [5, 5.41) is 10.1. The van der Waals surface area contributed by atoms with Gasteiger partial charge in [0, 0.05) is 18.4 Å². The van der Waals surface area contributed by atoms with Crippen molar-refractivity contribution in [1.29, 1.82) is 0 Å². The van der Waals surface area contributed by atoms with Gasteiger partial charge in [0.25, 0.3) is 5.91 Å². The number of nitrogens with zero attached hydrogens (tertiary/aromatic N) is 1. The second kappa shape index (κ2) is 4.97. The van der Waals surface area contributed by atoms with Crippen LogP contribution >= 0.6 is 0 Å². The number of hydrogen-bond donors (Lipinski definition) is 1. The van der Waals surface area contributed by atoms with E-state index >= 15 is 0 Å². The molecular formula is C12H11NO5. The van der Waals surface area contributed by atoms with Crippen molar-refractivity contribution < 1.29 is 24.3 Å². The van der Waals surface area contributed by atoms with Crippen LogP contribution in [0.5, 0.6) is 0 Å². The maximum atomic E-state index is 11.7. The maximum absolute atomic E-state index is 11.7. The topological polar surface area (TPSA) is 83.9 Å². The van der Waals surface area contributed by atoms with Crippen LogP contribution in [0.2, 0.25) is 0 Å². The number of hydroxylamine groups is 2. The lowest BCUT2D eigenvalue weighted by Gasteiger charge is -2.18. The molecule has 2 rings (SSSR count). The minimum absolute atomic E-state index is 0.151. The Hall–Kier alpha value is -2.21. The molecule has 1 fully saturated rings. The number of rotatable bonds is 3. The van der Waals surface area contributed by atoms with E-state index < -0.39 is 18.1 Å². The first-order chi connectivity index (χ1) is 8.61. The van der Waals surface area contributed by atoms with Gasteiger partial charge in [-0.05, 0) is 12.1 Å². The van der Waals surface area contributed by atoms with Crippen molar-refractivity contribution in [2.45, 2.75) is 19.1 Å². The molecule has 0 aromatic heterocycles. The normalized spacial score (nSPS) is 18.8. The molecule has 1 aromatic rings. The fraction of sp³-hybridized carbons (Fsp3) is 0.250. The highest BCUT2D eigenvalue weighted by Crippen LogP contribution is 2.18. The summed E-state index contributed by atoms with van der Waals surface area (Å²) in [5.41, 5.74) is 0.635. The molecule has 0 saturated carbocycles. The van der Waals surface area contributed by atoms with Crippen LogP contribution in [-0.2, 0) is 9.63 Å². The van der Waals surface area contributed by atoms with Crippen LogP contribution in [0, 0.1) is 0 Å². The number of hydrogen-bond acceptors (Lipinski definition) is 5. The lowest BCUT2D eigenvalue weighted by atomic mass is 10.1. The van der Waals surface area contributed by atoms with Gasteiger partial charge in [-0.1, -0.05) is 12.1 Å². The first-order valence-corrected chi connectivity index (χ1v) is 5.39. The Morgan fingerprint density at radius 2 is 2.06 bits per heavy atom. The number of carbonyl (C=O) groups is 3. The highest BCUT2D eigenvalue weighted by atomic mass is 16.7. The first-order valence-electron chi connectivity index (χ1n) is 5.39. The van der Waals surface area contributed by atoms with Gasteiger partial charge in [-0.15, -0.1) is 5.06 Å². The van der Waals surface area contributed by atoms with Gasteiger partial charge < -0.3 is 9.94 Å². The lowest BCUT2D eigenvalue weighted by Crippen LogP contribution is -2.35. The van der Waals surface area contributed by atoms with Gasteiger partial charge in [0.2, 0.25) is 0 Å². The number of aliphatic hydroxyl groups excluding tert-OH is 1. The summed E-state index contributed by atoms with van der Waals surface area (Å²) in [7, 11) is 0. The minimum atomic E-state index is -1.09. The van der Waals surface area contributed by atoms with E-state index in [1.165, 1.54) is 24.3 Å². The van der Waals surface area contributed by atoms with Crippen LogP contribution in [0.4, 0.5) is 0 Å². The second-order valence-electron chi connectivity index (χ2n) is 3.86. The van der Waals surface area contributed by atoms with E-state index in [2.05, 4.69) is 0 Å². The molecule has 1 N–H and O–H groups in total. The van der Waals surface area contributed by atoms with Gasteiger partial charge in [0.05, 0.1) is 5.56 Å². The van der Waals surface area contributed by atoms with Gasteiger partial charge in [-0.25, -0.2) is 4.79 Å². The first kappa shape index (κ1) is 12.3. The molecule has 6 nitrogen and oxygen atoms in total. The van der Waals surface area contributed by atoms with Crippen LogP contribution in [0.3, 0.4) is 0 Å². The third-order valence-corrected chi connectivity index (χ3v) is 2.60. The van der Waals surface area contributed by atoms with E-state index in [0.717, 1.165) is 0 Å². The highest BCUT2D eigenvalue weighted by molar-refractivity contribution is 5.91. The molecule has 6 heteroatoms. The second-order valence-corrected chi connectivity index (χ2v) is 3.86. The van der Waals surface area contributed by atoms with E-state index in [0.29, 0.717) is 16.9 Å². The monoisotopic (exact) mass is 249 g/mol. The number of benzene rings is 1. The predicted octanol–water partition coefficient (Wildman–Crippen LogP) is 0.512. The zero-order valence-electron chi connectivity index (χ0n) is 9.41. The van der Waals surface area contributed by atoms with Crippen LogP contribution in [0.1, 0.15) is 33.6 Å². The molecule has 1 unspecified atom stereocenters. The van der Waals surface area contributed by atoms with E-state index in [-0.39, 0.29) is 18.4 Å². The molecule has 0 radical (unpaired) electrons. The fourth-order valence-corrected chi connectivity index (χ4v) is 1.60. The van der Waals surface area contributed by atoms with Crippen LogP contribution in [0.25, 0.3) is 0 Å². The Morgan fingerprint density at radius 3 is 2.56 bits per heavy atom. The number of amides is 1. The minimum Gasteiger partial charge on any atom is -0.370 e. The molecule has 1 atom stereocenters. The molecule has 0 spiro atoms. The maximum Gasteiger partial charge on any atom is 0.363 e. The molecule has 1 aromatic carbocycles. The van der Waals surface area contributed by atoms with Crippen molar-refractivity contribution >= 4 is 18.2 Å². The van der Waals surface area contributed by atoms with Crippen LogP contribution < -0.4 is 0 Å². The Kier molecular flexibility index (Phi) is 3.38. The molecule has 1 amide bonds. The van der Waals surface area contributed by atoms with Gasteiger partial charge in [-0.2, -0.15) is 0 Å². The Balaban J connectivity index is 2.07. The summed E-state index contributed by atoms with van der Waals surface area (Å²) >= 11 is 0. The largest absolute Gasteiger partial charge is 0.370 e. The SMILES string of the molecule is O=Cc1ccc(C(=O)ON2C(=O)CCC2O)cc1. The molecule has 1 aliphatic rings. The standard InChI is InChI=1S/C12H11NO5/c14-7-8-1-3-9(4-2-8)12(17)18-13-10(15)5-6-11(13)16/h1-4,7,10,15H,5-6H2. The number of aliphatic hydroxyl groups is 1. The third kappa shape index (κ3) is 2.38. The highest BCUT2D eigenvalue weighted by Gasteiger charge is 2.33. The molecule has 1 heterocycles. The molecule has 94 valence electrons. The quantitative estimate of drug-likeness (QED) is 0.789. The molecule has 0 bridgehead atoms. The summed E-state index contributed by atoms with van der Waals surface area (Å²) in [4.78, 5) is 38.2. The van der Waals surface area contributed by atoms with Crippen LogP contribution in [-0.4, -0.2) is 34.6 Å². The molecule has 18 heavy (non-hydrogen) atoms. The average Bonchev–Trinajstić information content (AvgIpc) is 2.70. The summed E-state index contributed by atoms with van der Waals surface area (Å²) < 4.78 is 0. The van der Waals surface area contributed by atoms with Crippen molar-refractivity contribution in [1.82, 2.24) is 5.06 Å². The Morgan fingerprint density at radius 1 is 1.39 bits per heavy atom. The lowest BCUT2D eigenvalue weighted by molar-refractivity contribution is -0.191. The third-order valence-electron chi connectivity index (χ3n) is 2.60. The summed E-state index contributed by atoms with van der Waals surface area (Å²) in [6, 6.07) is 5.76. The van der Waals surface area contributed by atoms with Crippen molar-refractivity contribution in [3.63, 3.8) is 0 Å². The fourth-order valence-electron chi connectivity index (χ4n) is 1.60. The average molecular weight is 249 g/mol. The van der Waals surface area contributed by atoms with Crippen molar-refractivity contribution in [3.8, 4) is 0 Å². The molecular weight excluding hydrogens is 238 g/mol. The van der Waals surface area contributed by atoms with Gasteiger partial charge in [-0.3, -0.25) is 9.59 Å². The summed E-state index contributed by atoms with van der Waals surface area (Å²) in [6.07, 6.45) is -0.0342. The van der Waals surface area contributed by atoms with E-state index in [4.69, 9.17) is 4.84 Å². The van der Waals surface area contributed by atoms with Gasteiger partial charge in [0.1, 0.15) is 6.29 Å². The van der Waals surface area contributed by atoms with Crippen molar-refractivity contribution in [2.75, 3.05) is 0 Å². The van der Waals surface area contributed by atoms with Crippen molar-refractivity contribution in [3.05, 3.63) is 35.4 Å².